The van der Waals surface area contributed by atoms with Gasteiger partial charge >= 0.3 is 6.09 Å². The molecule has 6 atom stereocenters. The lowest BCUT2D eigenvalue weighted by Crippen LogP contribution is -2.68. The number of H-pyrrole nitrogens is 1. The summed E-state index contributed by atoms with van der Waals surface area (Å²) in [6.45, 7) is 1.25. The fourth-order valence-electron chi connectivity index (χ4n) is 5.20. The van der Waals surface area contributed by atoms with Gasteiger partial charge in [-0.25, -0.2) is 19.7 Å². The summed E-state index contributed by atoms with van der Waals surface area (Å²) >= 11 is 0. The van der Waals surface area contributed by atoms with Crippen LogP contribution in [0.25, 0.3) is 11.2 Å². The number of imidazole rings is 1. The molecular formula is C29H49N7O8. The molecule has 1 saturated heterocycles. The number of rotatable bonds is 20. The molecule has 2 aromatic rings. The van der Waals surface area contributed by atoms with Crippen LogP contribution in [0.4, 0.5) is 10.6 Å². The van der Waals surface area contributed by atoms with Crippen LogP contribution in [0.2, 0.25) is 0 Å². The van der Waals surface area contributed by atoms with E-state index in [0.29, 0.717) is 11.2 Å². The van der Waals surface area contributed by atoms with Crippen molar-refractivity contribution in [3.63, 3.8) is 0 Å². The van der Waals surface area contributed by atoms with Gasteiger partial charge in [-0.2, -0.15) is 0 Å². The molecule has 2 amide bonds. The number of amides is 2. The van der Waals surface area contributed by atoms with Crippen molar-refractivity contribution < 1.29 is 39.5 Å². The first-order valence-electron chi connectivity index (χ1n) is 15.8. The smallest absolute Gasteiger partial charge is 0.407 e. The van der Waals surface area contributed by atoms with Crippen molar-refractivity contribution in [2.75, 3.05) is 25.1 Å². The third-order valence-corrected chi connectivity index (χ3v) is 7.71. The molecule has 15 nitrogen and oxygen atoms in total. The first-order valence-corrected chi connectivity index (χ1v) is 15.8. The quantitative estimate of drug-likeness (QED) is 0.0982. The Labute approximate surface area is 257 Å². The molecule has 1 aliphatic heterocycles. The third kappa shape index (κ3) is 11.1. The van der Waals surface area contributed by atoms with Gasteiger partial charge in [0.15, 0.2) is 17.7 Å². The number of alkyl carbamates (subject to hydrolysis) is 1. The van der Waals surface area contributed by atoms with Gasteiger partial charge in [-0.05, 0) is 6.42 Å². The number of nitrogens with zero attached hydrogens (tertiary/aromatic N) is 3. The Bertz CT molecular complexity index is 1120. The predicted molar refractivity (Wildman–Crippen MR) is 161 cm³/mol. The van der Waals surface area contributed by atoms with Gasteiger partial charge in [0.1, 0.15) is 42.8 Å². The van der Waals surface area contributed by atoms with E-state index < -0.39 is 61.8 Å². The van der Waals surface area contributed by atoms with Gasteiger partial charge in [-0.1, -0.05) is 77.6 Å². The standard InChI is InChI=1S/C29H49N7O8/c1-2-3-4-5-6-7-8-9-10-11-12-13-14-43-29(42)30-15-20(39)35-21-23(40)24(41)28(44-25(21)19(38)16-37)36-27-22-26(32-17-31-22)33-18-34-27/h17-19,21,23-25,28,37-38,40-41H,2-16H2,1H3,(H,30,42)(H,35,39)(H2,31,32,33,34,36)/t19-,21+,23+,24+,25-,28-/m0/s1. The minimum atomic E-state index is -1.62. The number of aromatic amines is 1. The van der Waals surface area contributed by atoms with E-state index in [9.17, 15) is 30.0 Å². The fraction of sp³-hybridized carbons (Fsp3) is 0.759. The number of ether oxygens (including phenoxy) is 2. The van der Waals surface area contributed by atoms with Gasteiger partial charge in [-0.3, -0.25) is 4.79 Å². The van der Waals surface area contributed by atoms with Crippen molar-refractivity contribution >= 4 is 29.0 Å². The molecule has 0 aromatic carbocycles. The molecule has 1 aliphatic rings. The van der Waals surface area contributed by atoms with Crippen LogP contribution >= 0.6 is 0 Å². The lowest BCUT2D eigenvalue weighted by molar-refractivity contribution is -0.204. The molecular weight excluding hydrogens is 574 g/mol. The largest absolute Gasteiger partial charge is 0.450 e. The zero-order chi connectivity index (χ0) is 31.7. The number of unbranched alkanes of at least 4 members (excludes halogenated alkanes) is 11. The van der Waals surface area contributed by atoms with Crippen molar-refractivity contribution in [2.45, 2.75) is 121 Å². The van der Waals surface area contributed by atoms with Crippen LogP contribution in [-0.4, -0.2) is 109 Å². The summed E-state index contributed by atoms with van der Waals surface area (Å²) < 4.78 is 10.9. The Morgan fingerprint density at radius 2 is 1.64 bits per heavy atom. The number of aliphatic hydroxyl groups is 4. The number of carbonyl (C=O) groups excluding carboxylic acids is 2. The summed E-state index contributed by atoms with van der Waals surface area (Å²) in [5.41, 5.74) is 0.773. The maximum Gasteiger partial charge on any atom is 0.407 e. The van der Waals surface area contributed by atoms with Gasteiger partial charge in [0, 0.05) is 0 Å². The summed E-state index contributed by atoms with van der Waals surface area (Å²) in [6, 6.07) is -1.31. The molecule has 0 unspecified atom stereocenters. The van der Waals surface area contributed by atoms with E-state index >= 15 is 0 Å². The van der Waals surface area contributed by atoms with Gasteiger partial charge in [0.05, 0.1) is 25.6 Å². The van der Waals surface area contributed by atoms with Crippen LogP contribution in [-0.2, 0) is 14.3 Å². The predicted octanol–water partition coefficient (Wildman–Crippen LogP) is 1.48. The zero-order valence-electron chi connectivity index (χ0n) is 25.5. The van der Waals surface area contributed by atoms with Crippen molar-refractivity contribution in [2.24, 2.45) is 0 Å². The Morgan fingerprint density at radius 1 is 0.977 bits per heavy atom. The lowest BCUT2D eigenvalue weighted by Gasteiger charge is -2.44. The summed E-state index contributed by atoms with van der Waals surface area (Å²) in [5, 5.41) is 49.2. The Hall–Kier alpha value is -3.11. The van der Waals surface area contributed by atoms with E-state index in [1.165, 1.54) is 70.4 Å². The second kappa shape index (κ2) is 19.3. The molecule has 0 aliphatic carbocycles. The number of fused-ring (bicyclic) bond motifs is 1. The summed E-state index contributed by atoms with van der Waals surface area (Å²) in [4.78, 5) is 39.6. The molecule has 2 aromatic heterocycles. The molecule has 1 fully saturated rings. The summed E-state index contributed by atoms with van der Waals surface area (Å²) in [6.07, 6.45) is 8.94. The molecule has 0 radical (unpaired) electrons. The molecule has 0 saturated carbocycles. The monoisotopic (exact) mass is 623 g/mol. The highest BCUT2D eigenvalue weighted by atomic mass is 16.6. The van der Waals surface area contributed by atoms with E-state index in [1.54, 1.807) is 0 Å². The molecule has 8 N–H and O–H groups in total. The number of aliphatic hydroxyl groups excluding tert-OH is 4. The first-order chi connectivity index (χ1) is 21.3. The molecule has 15 heteroatoms. The SMILES string of the molecule is CCCCCCCCCCCCCCOC(=O)NCC(=O)N[C@@H]1[C@@H](O)[C@@H](O)[C@@H](Nc2ncnc3nc[nH]c23)O[C@H]1[C@@H](O)CO. The third-order valence-electron chi connectivity index (χ3n) is 7.71. The maximum absolute atomic E-state index is 12.6. The summed E-state index contributed by atoms with van der Waals surface area (Å²) in [5.74, 6) is -0.502. The Balaban J connectivity index is 1.35. The minimum absolute atomic E-state index is 0.217. The van der Waals surface area contributed by atoms with E-state index in [1.807, 2.05) is 0 Å². The minimum Gasteiger partial charge on any atom is -0.450 e. The van der Waals surface area contributed by atoms with Crippen LogP contribution < -0.4 is 16.0 Å². The number of carbonyl (C=O) groups is 2. The highest BCUT2D eigenvalue weighted by molar-refractivity contribution is 5.83. The van der Waals surface area contributed by atoms with Crippen LogP contribution in [0, 0.1) is 0 Å². The van der Waals surface area contributed by atoms with Crippen LogP contribution in [0.1, 0.15) is 84.0 Å². The van der Waals surface area contributed by atoms with Gasteiger partial charge < -0.3 is 50.8 Å². The topological polar surface area (TPSA) is 224 Å². The van der Waals surface area contributed by atoms with Crippen molar-refractivity contribution in [3.05, 3.63) is 12.7 Å². The number of nitrogens with one attached hydrogen (secondary N) is 4. The number of hydrogen-bond acceptors (Lipinski definition) is 12. The molecule has 3 rings (SSSR count). The van der Waals surface area contributed by atoms with E-state index in [0.717, 1.165) is 19.3 Å². The molecule has 44 heavy (non-hydrogen) atoms. The molecule has 3 heterocycles. The van der Waals surface area contributed by atoms with Gasteiger partial charge in [0.2, 0.25) is 5.91 Å². The number of hydrogen-bond donors (Lipinski definition) is 8. The van der Waals surface area contributed by atoms with Gasteiger partial charge in [0.25, 0.3) is 0 Å². The van der Waals surface area contributed by atoms with E-state index in [4.69, 9.17) is 9.47 Å². The van der Waals surface area contributed by atoms with E-state index in [-0.39, 0.29) is 12.4 Å². The molecule has 248 valence electrons. The average molecular weight is 624 g/mol. The fourth-order valence-corrected chi connectivity index (χ4v) is 5.20. The normalized spacial score (nSPS) is 22.4. The number of aromatic nitrogens is 4. The Morgan fingerprint density at radius 3 is 2.30 bits per heavy atom. The van der Waals surface area contributed by atoms with Crippen molar-refractivity contribution in [1.29, 1.82) is 0 Å². The van der Waals surface area contributed by atoms with Gasteiger partial charge in [-0.15, -0.1) is 0 Å². The average Bonchev–Trinajstić information content (AvgIpc) is 3.51. The highest BCUT2D eigenvalue weighted by Crippen LogP contribution is 2.26. The first kappa shape index (κ1) is 35.4. The molecule has 0 spiro atoms. The van der Waals surface area contributed by atoms with Crippen LogP contribution in [0.3, 0.4) is 0 Å². The molecule has 0 bridgehead atoms. The second-order valence-corrected chi connectivity index (χ2v) is 11.2. The summed E-state index contributed by atoms with van der Waals surface area (Å²) in [7, 11) is 0. The van der Waals surface area contributed by atoms with Crippen LogP contribution in [0.15, 0.2) is 12.7 Å². The van der Waals surface area contributed by atoms with Crippen molar-refractivity contribution in [1.82, 2.24) is 30.6 Å². The Kier molecular flexibility index (Phi) is 15.5. The van der Waals surface area contributed by atoms with E-state index in [2.05, 4.69) is 42.8 Å². The lowest BCUT2D eigenvalue weighted by atomic mass is 9.92. The maximum atomic E-state index is 12.6. The second-order valence-electron chi connectivity index (χ2n) is 11.2. The highest BCUT2D eigenvalue weighted by Gasteiger charge is 2.48. The van der Waals surface area contributed by atoms with Crippen LogP contribution in [0.5, 0.6) is 0 Å². The van der Waals surface area contributed by atoms with Crippen molar-refractivity contribution in [3.8, 4) is 0 Å². The zero-order valence-corrected chi connectivity index (χ0v) is 25.5. The number of anilines is 1.